The minimum Gasteiger partial charge on any atom is -0.306 e. The molecular weight excluding hydrogens is 292 g/mol. The molecule has 0 fully saturated rings. The first kappa shape index (κ1) is 15.9. The van der Waals surface area contributed by atoms with E-state index in [0.717, 1.165) is 22.8 Å². The molecule has 2 aromatic carbocycles. The summed E-state index contributed by atoms with van der Waals surface area (Å²) < 4.78 is 27.6. The molecule has 21 heavy (non-hydrogen) atoms. The minimum absolute atomic E-state index is 0.307. The lowest BCUT2D eigenvalue weighted by atomic mass is 9.93. The highest BCUT2D eigenvalue weighted by Gasteiger charge is 2.21. The van der Waals surface area contributed by atoms with Crippen LogP contribution < -0.4 is 5.32 Å². The molecule has 0 aromatic heterocycles. The molecule has 0 aliphatic rings. The highest BCUT2D eigenvalue weighted by Crippen LogP contribution is 2.31. The van der Waals surface area contributed by atoms with E-state index >= 15 is 0 Å². The molecule has 0 heterocycles. The van der Waals surface area contributed by atoms with Gasteiger partial charge in [-0.05, 0) is 49.2 Å². The number of nitrogens with one attached hydrogen (secondary N) is 1. The fourth-order valence-electron chi connectivity index (χ4n) is 2.45. The smallest absolute Gasteiger partial charge is 0.163 e. The molecule has 0 aliphatic heterocycles. The lowest BCUT2D eigenvalue weighted by Gasteiger charge is -2.22. The van der Waals surface area contributed by atoms with Crippen LogP contribution in [0.5, 0.6) is 0 Å². The van der Waals surface area contributed by atoms with Crippen molar-refractivity contribution >= 4 is 11.6 Å². The molecule has 0 bridgehead atoms. The van der Waals surface area contributed by atoms with Crippen molar-refractivity contribution in [2.75, 3.05) is 6.54 Å². The van der Waals surface area contributed by atoms with E-state index in [4.69, 9.17) is 11.6 Å². The van der Waals surface area contributed by atoms with Crippen LogP contribution in [-0.2, 0) is 0 Å². The first-order valence-electron chi connectivity index (χ1n) is 6.89. The van der Waals surface area contributed by atoms with Crippen molar-refractivity contribution in [3.8, 4) is 0 Å². The Morgan fingerprint density at radius 1 is 1.10 bits per heavy atom. The maximum absolute atomic E-state index is 14.1. The van der Waals surface area contributed by atoms with Gasteiger partial charge in [0.25, 0.3) is 0 Å². The predicted molar refractivity (Wildman–Crippen MR) is 82.8 cm³/mol. The Balaban J connectivity index is 2.59. The zero-order valence-electron chi connectivity index (χ0n) is 12.3. The molecule has 0 radical (unpaired) electrons. The number of halogens is 3. The van der Waals surface area contributed by atoms with Crippen molar-refractivity contribution in [3.63, 3.8) is 0 Å². The highest BCUT2D eigenvalue weighted by molar-refractivity contribution is 6.31. The molecule has 0 spiro atoms. The van der Waals surface area contributed by atoms with Crippen molar-refractivity contribution in [2.24, 2.45) is 0 Å². The van der Waals surface area contributed by atoms with E-state index in [1.54, 1.807) is 6.07 Å². The molecule has 4 heteroatoms. The van der Waals surface area contributed by atoms with Gasteiger partial charge < -0.3 is 5.32 Å². The number of benzene rings is 2. The van der Waals surface area contributed by atoms with Crippen molar-refractivity contribution in [3.05, 3.63) is 69.2 Å². The summed E-state index contributed by atoms with van der Waals surface area (Å²) in [4.78, 5) is 0. The van der Waals surface area contributed by atoms with Crippen LogP contribution in [0.2, 0.25) is 5.02 Å². The van der Waals surface area contributed by atoms with Gasteiger partial charge in [-0.2, -0.15) is 0 Å². The summed E-state index contributed by atoms with van der Waals surface area (Å²) >= 11 is 6.12. The number of hydrogen-bond acceptors (Lipinski definition) is 1. The lowest BCUT2D eigenvalue weighted by molar-refractivity contribution is 0.482. The maximum atomic E-state index is 14.1. The molecule has 1 N–H and O–H groups in total. The number of rotatable bonds is 4. The Morgan fingerprint density at radius 2 is 1.81 bits per heavy atom. The minimum atomic E-state index is -0.834. The van der Waals surface area contributed by atoms with E-state index in [1.807, 2.05) is 32.9 Å². The predicted octanol–water partition coefficient (Wildman–Crippen LogP) is 4.93. The number of aryl methyl sites for hydroxylation is 2. The first-order chi connectivity index (χ1) is 9.95. The Bertz CT molecular complexity index is 655. The third kappa shape index (κ3) is 3.25. The zero-order chi connectivity index (χ0) is 15.6. The first-order valence-corrected chi connectivity index (χ1v) is 7.27. The summed E-state index contributed by atoms with van der Waals surface area (Å²) in [6.07, 6.45) is 0. The van der Waals surface area contributed by atoms with E-state index in [2.05, 4.69) is 5.32 Å². The summed E-state index contributed by atoms with van der Waals surface area (Å²) in [6, 6.07) is 7.64. The second kappa shape index (κ2) is 6.54. The van der Waals surface area contributed by atoms with E-state index < -0.39 is 17.7 Å². The largest absolute Gasteiger partial charge is 0.306 e. The van der Waals surface area contributed by atoms with Gasteiger partial charge in [-0.3, -0.25) is 0 Å². The quantitative estimate of drug-likeness (QED) is 0.844. The van der Waals surface area contributed by atoms with E-state index in [1.165, 1.54) is 6.07 Å². The fraction of sp³-hybridized carbons (Fsp3) is 0.294. The highest BCUT2D eigenvalue weighted by atomic mass is 35.5. The second-order valence-electron chi connectivity index (χ2n) is 5.09. The SMILES string of the molecule is CCNC(c1cc(C)c(Cl)cc1C)c1cccc(F)c1F. The Hall–Kier alpha value is -1.45. The topological polar surface area (TPSA) is 12.0 Å². The Kier molecular flexibility index (Phi) is 4.96. The van der Waals surface area contributed by atoms with E-state index in [-0.39, 0.29) is 0 Å². The van der Waals surface area contributed by atoms with Crippen molar-refractivity contribution in [1.29, 1.82) is 0 Å². The van der Waals surface area contributed by atoms with Crippen molar-refractivity contribution in [1.82, 2.24) is 5.32 Å². The molecule has 1 unspecified atom stereocenters. The summed E-state index contributed by atoms with van der Waals surface area (Å²) in [5.74, 6) is -1.64. The van der Waals surface area contributed by atoms with Gasteiger partial charge in [0.1, 0.15) is 0 Å². The fourth-order valence-corrected chi connectivity index (χ4v) is 2.67. The number of hydrogen-bond donors (Lipinski definition) is 1. The Morgan fingerprint density at radius 3 is 2.48 bits per heavy atom. The molecule has 2 aromatic rings. The molecule has 1 nitrogen and oxygen atoms in total. The third-order valence-corrected chi connectivity index (χ3v) is 3.97. The van der Waals surface area contributed by atoms with Crippen LogP contribution in [-0.4, -0.2) is 6.54 Å². The average molecular weight is 310 g/mol. The van der Waals surface area contributed by atoms with Crippen LogP contribution in [0.3, 0.4) is 0 Å². The van der Waals surface area contributed by atoms with Gasteiger partial charge in [-0.15, -0.1) is 0 Å². The third-order valence-electron chi connectivity index (χ3n) is 3.56. The molecule has 0 amide bonds. The summed E-state index contributed by atoms with van der Waals surface area (Å²) in [6.45, 7) is 6.39. The molecule has 2 rings (SSSR count). The van der Waals surface area contributed by atoms with Gasteiger partial charge >= 0.3 is 0 Å². The second-order valence-corrected chi connectivity index (χ2v) is 5.50. The van der Waals surface area contributed by atoms with Gasteiger partial charge in [0, 0.05) is 10.6 Å². The zero-order valence-corrected chi connectivity index (χ0v) is 13.1. The maximum Gasteiger partial charge on any atom is 0.163 e. The van der Waals surface area contributed by atoms with Crippen LogP contribution in [0, 0.1) is 25.5 Å². The summed E-state index contributed by atoms with van der Waals surface area (Å²) in [5.41, 5.74) is 3.07. The van der Waals surface area contributed by atoms with Crippen LogP contribution in [0.1, 0.15) is 35.2 Å². The normalized spacial score (nSPS) is 12.5. The molecule has 0 saturated heterocycles. The molecule has 0 saturated carbocycles. The molecular formula is C17H18ClF2N. The average Bonchev–Trinajstić information content (AvgIpc) is 2.44. The summed E-state index contributed by atoms with van der Waals surface area (Å²) in [5, 5.41) is 3.89. The lowest BCUT2D eigenvalue weighted by Crippen LogP contribution is -2.24. The van der Waals surface area contributed by atoms with Gasteiger partial charge in [-0.1, -0.05) is 36.7 Å². The molecule has 1 atom stereocenters. The molecule has 112 valence electrons. The van der Waals surface area contributed by atoms with Gasteiger partial charge in [0.2, 0.25) is 0 Å². The van der Waals surface area contributed by atoms with Gasteiger partial charge in [0.15, 0.2) is 11.6 Å². The Labute approximate surface area is 128 Å². The van der Waals surface area contributed by atoms with Gasteiger partial charge in [-0.25, -0.2) is 8.78 Å². The standard InChI is InChI=1S/C17H18ClF2N/c1-4-21-17(12-6-5-7-15(19)16(12)20)13-8-11(3)14(18)9-10(13)2/h5-9,17,21H,4H2,1-3H3. The van der Waals surface area contributed by atoms with Crippen LogP contribution >= 0.6 is 11.6 Å². The van der Waals surface area contributed by atoms with Crippen LogP contribution in [0.25, 0.3) is 0 Å². The van der Waals surface area contributed by atoms with E-state index in [0.29, 0.717) is 17.1 Å². The molecule has 0 aliphatic carbocycles. The van der Waals surface area contributed by atoms with Crippen molar-refractivity contribution < 1.29 is 8.78 Å². The van der Waals surface area contributed by atoms with Crippen LogP contribution in [0.4, 0.5) is 8.78 Å². The van der Waals surface area contributed by atoms with Crippen LogP contribution in [0.15, 0.2) is 30.3 Å². The van der Waals surface area contributed by atoms with E-state index in [9.17, 15) is 8.78 Å². The monoisotopic (exact) mass is 309 g/mol. The summed E-state index contributed by atoms with van der Waals surface area (Å²) in [7, 11) is 0. The van der Waals surface area contributed by atoms with Gasteiger partial charge in [0.05, 0.1) is 6.04 Å². The van der Waals surface area contributed by atoms with Crippen molar-refractivity contribution in [2.45, 2.75) is 26.8 Å².